The van der Waals surface area contributed by atoms with E-state index in [1.807, 2.05) is 4.90 Å². The van der Waals surface area contributed by atoms with E-state index < -0.39 is 5.82 Å². The number of aryl methyl sites for hydroxylation is 1. The molecule has 2 aromatic rings. The number of rotatable bonds is 2. The third-order valence-corrected chi connectivity index (χ3v) is 4.38. The number of hydrogen-bond donors (Lipinski definition) is 0. The standard InChI is InChI=1S/C15H13Cl3FN3O/c1-8-20-14(18)6-15(21-8)22-2-3-23-13(7-22)9-4-12(19)11(17)5-10(9)16/h4-6,13H,2-3,7H2,1H3. The molecule has 1 atom stereocenters. The summed E-state index contributed by atoms with van der Waals surface area (Å²) < 4.78 is 19.5. The lowest BCUT2D eigenvalue weighted by molar-refractivity contribution is 0.0394. The van der Waals surface area contributed by atoms with E-state index in [1.54, 1.807) is 13.0 Å². The lowest BCUT2D eigenvalue weighted by atomic mass is 10.1. The van der Waals surface area contributed by atoms with Crippen molar-refractivity contribution in [2.45, 2.75) is 13.0 Å². The Balaban J connectivity index is 1.87. The highest BCUT2D eigenvalue weighted by Crippen LogP contribution is 2.33. The first-order valence-corrected chi connectivity index (χ1v) is 8.09. The van der Waals surface area contributed by atoms with Crippen molar-refractivity contribution in [3.63, 3.8) is 0 Å². The zero-order chi connectivity index (χ0) is 16.6. The molecule has 0 radical (unpaired) electrons. The first kappa shape index (κ1) is 16.7. The molecule has 1 aromatic heterocycles. The van der Waals surface area contributed by atoms with Gasteiger partial charge in [0.15, 0.2) is 0 Å². The van der Waals surface area contributed by atoms with Crippen LogP contribution in [0.25, 0.3) is 0 Å². The molecule has 1 saturated heterocycles. The molecule has 8 heteroatoms. The number of hydrogen-bond acceptors (Lipinski definition) is 4. The van der Waals surface area contributed by atoms with Gasteiger partial charge in [-0.1, -0.05) is 34.8 Å². The van der Waals surface area contributed by atoms with E-state index in [1.165, 1.54) is 12.1 Å². The molecule has 122 valence electrons. The third kappa shape index (κ3) is 3.69. The summed E-state index contributed by atoms with van der Waals surface area (Å²) in [7, 11) is 0. The zero-order valence-corrected chi connectivity index (χ0v) is 14.5. The van der Waals surface area contributed by atoms with Gasteiger partial charge in [0.25, 0.3) is 0 Å². The lowest BCUT2D eigenvalue weighted by Gasteiger charge is -2.34. The molecule has 0 spiro atoms. The highest BCUT2D eigenvalue weighted by molar-refractivity contribution is 6.35. The van der Waals surface area contributed by atoms with Crippen LogP contribution in [0.4, 0.5) is 10.2 Å². The average Bonchev–Trinajstić information content (AvgIpc) is 2.50. The van der Waals surface area contributed by atoms with E-state index in [2.05, 4.69) is 9.97 Å². The SMILES string of the molecule is Cc1nc(Cl)cc(N2CCOC(c3cc(F)c(Cl)cc3Cl)C2)n1. The maximum absolute atomic E-state index is 13.7. The number of morpholine rings is 1. The molecule has 1 aromatic carbocycles. The lowest BCUT2D eigenvalue weighted by Crippen LogP contribution is -2.39. The van der Waals surface area contributed by atoms with E-state index >= 15 is 0 Å². The van der Waals surface area contributed by atoms with Gasteiger partial charge in [0, 0.05) is 29.7 Å². The van der Waals surface area contributed by atoms with Crippen molar-refractivity contribution in [3.8, 4) is 0 Å². The Morgan fingerprint density at radius 3 is 2.70 bits per heavy atom. The fourth-order valence-electron chi connectivity index (χ4n) is 2.51. The van der Waals surface area contributed by atoms with Crippen molar-refractivity contribution in [1.29, 1.82) is 0 Å². The minimum atomic E-state index is -0.521. The Morgan fingerprint density at radius 1 is 1.17 bits per heavy atom. The van der Waals surface area contributed by atoms with Crippen LogP contribution in [0.3, 0.4) is 0 Å². The number of benzene rings is 1. The summed E-state index contributed by atoms with van der Waals surface area (Å²) in [5.41, 5.74) is 0.565. The largest absolute Gasteiger partial charge is 0.370 e. The minimum Gasteiger partial charge on any atom is -0.370 e. The molecular formula is C15H13Cl3FN3O. The van der Waals surface area contributed by atoms with Crippen LogP contribution >= 0.6 is 34.8 Å². The Bertz CT molecular complexity index is 724. The molecule has 0 bridgehead atoms. The summed E-state index contributed by atoms with van der Waals surface area (Å²) in [6, 6.07) is 4.40. The summed E-state index contributed by atoms with van der Waals surface area (Å²) >= 11 is 17.9. The average molecular weight is 377 g/mol. The molecule has 2 heterocycles. The summed E-state index contributed by atoms with van der Waals surface area (Å²) in [5.74, 6) is 0.778. The number of ether oxygens (including phenoxy) is 1. The summed E-state index contributed by atoms with van der Waals surface area (Å²) in [5, 5.41) is 0.746. The zero-order valence-electron chi connectivity index (χ0n) is 12.2. The van der Waals surface area contributed by atoms with Crippen LogP contribution in [0.15, 0.2) is 18.2 Å². The van der Waals surface area contributed by atoms with Crippen molar-refractivity contribution >= 4 is 40.6 Å². The van der Waals surface area contributed by atoms with Crippen molar-refractivity contribution in [2.75, 3.05) is 24.6 Å². The molecule has 1 aliphatic heterocycles. The predicted molar refractivity (Wildman–Crippen MR) is 89.1 cm³/mol. The second-order valence-corrected chi connectivity index (χ2v) is 6.39. The first-order chi connectivity index (χ1) is 10.9. The summed E-state index contributed by atoms with van der Waals surface area (Å²) in [4.78, 5) is 10.5. The minimum absolute atomic E-state index is 0.00961. The van der Waals surface area contributed by atoms with E-state index in [4.69, 9.17) is 39.5 Å². The smallest absolute Gasteiger partial charge is 0.142 e. The Hall–Kier alpha value is -1.14. The van der Waals surface area contributed by atoms with Crippen molar-refractivity contribution in [3.05, 3.63) is 50.6 Å². The van der Waals surface area contributed by atoms with Gasteiger partial charge < -0.3 is 9.64 Å². The van der Waals surface area contributed by atoms with Gasteiger partial charge in [-0.2, -0.15) is 0 Å². The van der Waals surface area contributed by atoms with Gasteiger partial charge in [-0.05, 0) is 19.1 Å². The number of halogens is 4. The Kier molecular flexibility index (Phi) is 4.92. The number of nitrogens with zero attached hydrogens (tertiary/aromatic N) is 3. The van der Waals surface area contributed by atoms with Crippen LogP contribution in [0.5, 0.6) is 0 Å². The molecular weight excluding hydrogens is 364 g/mol. The molecule has 3 rings (SSSR count). The second-order valence-electron chi connectivity index (χ2n) is 5.19. The van der Waals surface area contributed by atoms with Crippen LogP contribution in [0, 0.1) is 12.7 Å². The van der Waals surface area contributed by atoms with Crippen LogP contribution in [-0.2, 0) is 4.74 Å². The third-order valence-electron chi connectivity index (χ3n) is 3.57. The predicted octanol–water partition coefficient (Wildman–Crippen LogP) is 4.46. The topological polar surface area (TPSA) is 38.2 Å². The normalized spacial score (nSPS) is 18.3. The molecule has 23 heavy (non-hydrogen) atoms. The second kappa shape index (κ2) is 6.77. The van der Waals surface area contributed by atoms with Crippen molar-refractivity contribution in [2.24, 2.45) is 0 Å². The summed E-state index contributed by atoms with van der Waals surface area (Å²) in [6.45, 7) is 3.37. The first-order valence-electron chi connectivity index (χ1n) is 6.96. The monoisotopic (exact) mass is 375 g/mol. The van der Waals surface area contributed by atoms with Crippen molar-refractivity contribution in [1.82, 2.24) is 9.97 Å². The van der Waals surface area contributed by atoms with E-state index in [9.17, 15) is 4.39 Å². The molecule has 1 unspecified atom stereocenters. The fraction of sp³-hybridized carbons (Fsp3) is 0.333. The van der Waals surface area contributed by atoms with Crippen molar-refractivity contribution < 1.29 is 9.13 Å². The molecule has 0 aliphatic carbocycles. The molecule has 1 fully saturated rings. The highest BCUT2D eigenvalue weighted by atomic mass is 35.5. The van der Waals surface area contributed by atoms with Crippen LogP contribution < -0.4 is 4.90 Å². The Labute approximate surface area is 148 Å². The molecule has 1 aliphatic rings. The number of anilines is 1. The maximum Gasteiger partial charge on any atom is 0.142 e. The van der Waals surface area contributed by atoms with Crippen LogP contribution in [-0.4, -0.2) is 29.7 Å². The van der Waals surface area contributed by atoms with Gasteiger partial charge in [-0.3, -0.25) is 0 Å². The van der Waals surface area contributed by atoms with Crippen LogP contribution in [0.1, 0.15) is 17.5 Å². The van der Waals surface area contributed by atoms with Crippen LogP contribution in [0.2, 0.25) is 15.2 Å². The summed E-state index contributed by atoms with van der Waals surface area (Å²) in [6.07, 6.45) is -0.378. The Morgan fingerprint density at radius 2 is 1.96 bits per heavy atom. The van der Waals surface area contributed by atoms with Gasteiger partial charge in [-0.15, -0.1) is 0 Å². The van der Waals surface area contributed by atoms with Gasteiger partial charge in [0.05, 0.1) is 11.6 Å². The van der Waals surface area contributed by atoms with E-state index in [-0.39, 0.29) is 11.1 Å². The van der Waals surface area contributed by atoms with E-state index in [0.29, 0.717) is 47.1 Å². The van der Waals surface area contributed by atoms with Gasteiger partial charge >= 0.3 is 0 Å². The van der Waals surface area contributed by atoms with Gasteiger partial charge in [0.2, 0.25) is 0 Å². The molecule has 0 saturated carbocycles. The van der Waals surface area contributed by atoms with Gasteiger partial charge in [-0.25, -0.2) is 14.4 Å². The number of aromatic nitrogens is 2. The van der Waals surface area contributed by atoms with Gasteiger partial charge in [0.1, 0.15) is 28.7 Å². The van der Waals surface area contributed by atoms with E-state index in [0.717, 1.165) is 0 Å². The molecule has 0 N–H and O–H groups in total. The molecule has 0 amide bonds. The molecule has 4 nitrogen and oxygen atoms in total. The maximum atomic E-state index is 13.7. The fourth-order valence-corrected chi connectivity index (χ4v) is 3.23. The quantitative estimate of drug-likeness (QED) is 0.573. The highest BCUT2D eigenvalue weighted by Gasteiger charge is 2.26.